The fourth-order valence-corrected chi connectivity index (χ4v) is 2.35. The van der Waals surface area contributed by atoms with Gasteiger partial charge in [-0.1, -0.05) is 19.8 Å². The number of anilines is 1. The molecule has 0 aromatic carbocycles. The van der Waals surface area contributed by atoms with Crippen molar-refractivity contribution in [2.24, 2.45) is 5.41 Å². The van der Waals surface area contributed by atoms with Crippen LogP contribution in [0.4, 0.5) is 23.2 Å². The van der Waals surface area contributed by atoms with E-state index in [4.69, 9.17) is 0 Å². The summed E-state index contributed by atoms with van der Waals surface area (Å²) in [6, 6.07) is 0. The number of nitrogens with zero attached hydrogens (tertiary/aromatic N) is 1. The minimum atomic E-state index is -1.63. The van der Waals surface area contributed by atoms with E-state index < -0.39 is 29.2 Å². The Balaban J connectivity index is 2.18. The largest absolute Gasteiger partial charge is 0.379 e. The third-order valence-electron chi connectivity index (χ3n) is 3.50. The van der Waals surface area contributed by atoms with Gasteiger partial charge in [0.2, 0.25) is 11.6 Å². The SMILES string of the molecule is CC1(CNc2c(F)c(F)nc(F)c2F)CCCC1. The number of hydrogen-bond acceptors (Lipinski definition) is 2. The van der Waals surface area contributed by atoms with Gasteiger partial charge in [0.25, 0.3) is 11.9 Å². The molecule has 100 valence electrons. The third-order valence-corrected chi connectivity index (χ3v) is 3.50. The van der Waals surface area contributed by atoms with E-state index in [-0.39, 0.29) is 12.0 Å². The lowest BCUT2D eigenvalue weighted by Crippen LogP contribution is -2.24. The Kier molecular flexibility index (Phi) is 3.45. The Labute approximate surface area is 102 Å². The molecule has 1 aliphatic carbocycles. The second-order valence-corrected chi connectivity index (χ2v) is 5.07. The smallest absolute Gasteiger partial charge is 0.253 e. The number of nitrogens with one attached hydrogen (secondary N) is 1. The second kappa shape index (κ2) is 4.74. The summed E-state index contributed by atoms with van der Waals surface area (Å²) >= 11 is 0. The van der Waals surface area contributed by atoms with E-state index in [1.54, 1.807) is 0 Å². The molecule has 1 aromatic heterocycles. The van der Waals surface area contributed by atoms with Crippen LogP contribution in [0.15, 0.2) is 0 Å². The van der Waals surface area contributed by atoms with Crippen molar-refractivity contribution in [3.63, 3.8) is 0 Å². The van der Waals surface area contributed by atoms with Crippen molar-refractivity contribution in [3.05, 3.63) is 23.5 Å². The van der Waals surface area contributed by atoms with Crippen molar-refractivity contribution in [1.82, 2.24) is 4.98 Å². The highest BCUT2D eigenvalue weighted by Gasteiger charge is 2.30. The molecule has 1 aromatic rings. The van der Waals surface area contributed by atoms with E-state index >= 15 is 0 Å². The van der Waals surface area contributed by atoms with Crippen LogP contribution in [0.1, 0.15) is 32.6 Å². The van der Waals surface area contributed by atoms with Gasteiger partial charge < -0.3 is 5.32 Å². The first kappa shape index (κ1) is 13.1. The monoisotopic (exact) mass is 262 g/mol. The lowest BCUT2D eigenvalue weighted by atomic mass is 9.89. The molecule has 0 spiro atoms. The van der Waals surface area contributed by atoms with Gasteiger partial charge in [0.1, 0.15) is 5.69 Å². The minimum absolute atomic E-state index is 0.0882. The summed E-state index contributed by atoms with van der Waals surface area (Å²) in [5, 5.41) is 2.48. The molecule has 0 radical (unpaired) electrons. The highest BCUT2D eigenvalue weighted by Crippen LogP contribution is 2.38. The Morgan fingerprint density at radius 2 is 1.56 bits per heavy atom. The Hall–Kier alpha value is -1.33. The Morgan fingerprint density at radius 3 is 2.06 bits per heavy atom. The molecule has 2 rings (SSSR count). The lowest BCUT2D eigenvalue weighted by Gasteiger charge is -2.24. The third kappa shape index (κ3) is 2.42. The molecular formula is C12H14F4N2. The van der Waals surface area contributed by atoms with Crippen LogP contribution in [0.3, 0.4) is 0 Å². The van der Waals surface area contributed by atoms with E-state index in [9.17, 15) is 17.6 Å². The van der Waals surface area contributed by atoms with Crippen LogP contribution >= 0.6 is 0 Å². The second-order valence-electron chi connectivity index (χ2n) is 5.07. The zero-order valence-electron chi connectivity index (χ0n) is 9.99. The summed E-state index contributed by atoms with van der Waals surface area (Å²) in [4.78, 5) is 2.51. The number of rotatable bonds is 3. The van der Waals surface area contributed by atoms with Gasteiger partial charge in [0.05, 0.1) is 0 Å². The molecule has 0 saturated heterocycles. The van der Waals surface area contributed by atoms with Gasteiger partial charge >= 0.3 is 0 Å². The summed E-state index contributed by atoms with van der Waals surface area (Å²) in [6.07, 6.45) is 3.98. The van der Waals surface area contributed by atoms with Crippen molar-refractivity contribution in [1.29, 1.82) is 0 Å². The zero-order valence-corrected chi connectivity index (χ0v) is 9.99. The van der Waals surface area contributed by atoms with Gasteiger partial charge in [-0.3, -0.25) is 0 Å². The topological polar surface area (TPSA) is 24.9 Å². The maximum absolute atomic E-state index is 13.3. The maximum Gasteiger partial charge on any atom is 0.253 e. The normalized spacial score (nSPS) is 18.1. The van der Waals surface area contributed by atoms with Gasteiger partial charge in [-0.15, -0.1) is 0 Å². The molecule has 2 nitrogen and oxygen atoms in total. The van der Waals surface area contributed by atoms with Crippen LogP contribution in [-0.4, -0.2) is 11.5 Å². The molecule has 18 heavy (non-hydrogen) atoms. The first-order chi connectivity index (χ1) is 8.43. The van der Waals surface area contributed by atoms with E-state index in [0.29, 0.717) is 0 Å². The fourth-order valence-electron chi connectivity index (χ4n) is 2.35. The zero-order chi connectivity index (χ0) is 13.3. The van der Waals surface area contributed by atoms with Crippen molar-refractivity contribution in [2.75, 3.05) is 11.9 Å². The van der Waals surface area contributed by atoms with E-state index in [2.05, 4.69) is 10.3 Å². The van der Waals surface area contributed by atoms with E-state index in [1.807, 2.05) is 6.92 Å². The summed E-state index contributed by atoms with van der Waals surface area (Å²) in [7, 11) is 0. The van der Waals surface area contributed by atoms with E-state index in [0.717, 1.165) is 25.7 Å². The highest BCUT2D eigenvalue weighted by atomic mass is 19.2. The molecule has 6 heteroatoms. The molecule has 1 N–H and O–H groups in total. The van der Waals surface area contributed by atoms with Gasteiger partial charge in [0, 0.05) is 6.54 Å². The summed E-state index contributed by atoms with van der Waals surface area (Å²) in [5.41, 5.74) is -0.858. The first-order valence-electron chi connectivity index (χ1n) is 5.87. The van der Waals surface area contributed by atoms with Gasteiger partial charge in [-0.05, 0) is 18.3 Å². The standard InChI is InChI=1S/C12H14F4N2/c1-12(4-2-3-5-12)6-17-9-7(13)10(15)18-11(16)8(9)14/h2-6H2,1H3,(H,17,18). The molecule has 0 aliphatic heterocycles. The quantitative estimate of drug-likeness (QED) is 0.664. The molecule has 1 aliphatic rings. The minimum Gasteiger partial charge on any atom is -0.379 e. The van der Waals surface area contributed by atoms with Crippen LogP contribution < -0.4 is 5.32 Å². The van der Waals surface area contributed by atoms with Crippen molar-refractivity contribution < 1.29 is 17.6 Å². The Bertz CT molecular complexity index is 430. The number of aromatic nitrogens is 1. The number of hydrogen-bond donors (Lipinski definition) is 1. The van der Waals surface area contributed by atoms with Crippen molar-refractivity contribution >= 4 is 5.69 Å². The number of pyridine rings is 1. The van der Waals surface area contributed by atoms with Crippen LogP contribution in [0.2, 0.25) is 0 Å². The summed E-state index contributed by atoms with van der Waals surface area (Å²) < 4.78 is 52.4. The molecule has 0 atom stereocenters. The van der Waals surface area contributed by atoms with Crippen molar-refractivity contribution in [3.8, 4) is 0 Å². The average molecular weight is 262 g/mol. The van der Waals surface area contributed by atoms with E-state index in [1.165, 1.54) is 0 Å². The fraction of sp³-hybridized carbons (Fsp3) is 0.583. The van der Waals surface area contributed by atoms with Gasteiger partial charge in [-0.2, -0.15) is 22.5 Å². The Morgan fingerprint density at radius 1 is 1.06 bits per heavy atom. The van der Waals surface area contributed by atoms with Gasteiger partial charge in [-0.25, -0.2) is 0 Å². The van der Waals surface area contributed by atoms with Crippen LogP contribution in [0, 0.1) is 28.9 Å². The molecule has 1 saturated carbocycles. The van der Waals surface area contributed by atoms with Crippen LogP contribution in [-0.2, 0) is 0 Å². The highest BCUT2D eigenvalue weighted by molar-refractivity contribution is 5.45. The van der Waals surface area contributed by atoms with Crippen molar-refractivity contribution in [2.45, 2.75) is 32.6 Å². The molecule has 0 amide bonds. The van der Waals surface area contributed by atoms with Crippen LogP contribution in [0.5, 0.6) is 0 Å². The molecule has 0 bridgehead atoms. The molecule has 1 fully saturated rings. The maximum atomic E-state index is 13.3. The summed E-state index contributed by atoms with van der Waals surface area (Å²) in [6.45, 7) is 2.26. The predicted molar refractivity (Wildman–Crippen MR) is 59.1 cm³/mol. The van der Waals surface area contributed by atoms with Crippen LogP contribution in [0.25, 0.3) is 0 Å². The molecule has 0 unspecified atom stereocenters. The lowest BCUT2D eigenvalue weighted by molar-refractivity contribution is 0.357. The van der Waals surface area contributed by atoms with Gasteiger partial charge in [0.15, 0.2) is 0 Å². The average Bonchev–Trinajstić information content (AvgIpc) is 2.74. The molecule has 1 heterocycles. The summed E-state index contributed by atoms with van der Waals surface area (Å²) in [5.74, 6) is -6.22. The predicted octanol–water partition coefficient (Wildman–Crippen LogP) is 3.63. The first-order valence-corrected chi connectivity index (χ1v) is 5.87. The molecular weight excluding hydrogens is 248 g/mol. The number of halogens is 4.